The summed E-state index contributed by atoms with van der Waals surface area (Å²) in [5.74, 6) is 1.83. The van der Waals surface area contributed by atoms with Crippen molar-refractivity contribution in [3.8, 4) is 0 Å². The van der Waals surface area contributed by atoms with Crippen LogP contribution in [0, 0.1) is 0 Å². The first-order chi connectivity index (χ1) is 10.9. The SMILES string of the molecule is CO[C@@H]1CN(Cc2ccccc2)C[C@H]1N(C=C=O)OC(C)(C)C. The van der Waals surface area contributed by atoms with E-state index >= 15 is 0 Å². The number of ether oxygens (including phenoxy) is 1. The Labute approximate surface area is 138 Å². The number of benzene rings is 1. The number of carbonyl (C=O) groups excluding carboxylic acids is 1. The van der Waals surface area contributed by atoms with Crippen molar-refractivity contribution >= 4 is 5.94 Å². The summed E-state index contributed by atoms with van der Waals surface area (Å²) < 4.78 is 5.62. The largest absolute Gasteiger partial charge is 0.378 e. The van der Waals surface area contributed by atoms with Gasteiger partial charge in [-0.1, -0.05) is 30.3 Å². The van der Waals surface area contributed by atoms with Crippen LogP contribution in [0.1, 0.15) is 26.3 Å². The third kappa shape index (κ3) is 5.19. The summed E-state index contributed by atoms with van der Waals surface area (Å²) in [6.07, 6.45) is 1.30. The minimum Gasteiger partial charge on any atom is -0.378 e. The normalized spacial score (nSPS) is 21.9. The van der Waals surface area contributed by atoms with Crippen LogP contribution in [-0.4, -0.2) is 53.9 Å². The number of hydroxylamine groups is 2. The van der Waals surface area contributed by atoms with Gasteiger partial charge in [0.1, 0.15) is 12.1 Å². The number of methoxy groups -OCH3 is 1. The van der Waals surface area contributed by atoms with E-state index in [0.29, 0.717) is 0 Å². The predicted octanol–water partition coefficient (Wildman–Crippen LogP) is 2.26. The average Bonchev–Trinajstić information content (AvgIpc) is 2.89. The fourth-order valence-corrected chi connectivity index (χ4v) is 2.84. The molecule has 0 radical (unpaired) electrons. The molecular formula is C18H26N2O3. The molecular weight excluding hydrogens is 292 g/mol. The molecule has 1 aliphatic rings. The highest BCUT2D eigenvalue weighted by atomic mass is 16.7. The highest BCUT2D eigenvalue weighted by Gasteiger charge is 2.38. The lowest BCUT2D eigenvalue weighted by Gasteiger charge is -2.34. The molecule has 0 spiro atoms. The molecule has 1 saturated heterocycles. The van der Waals surface area contributed by atoms with E-state index < -0.39 is 5.60 Å². The van der Waals surface area contributed by atoms with Crippen LogP contribution in [0.2, 0.25) is 0 Å². The van der Waals surface area contributed by atoms with Crippen molar-refractivity contribution < 1.29 is 14.4 Å². The van der Waals surface area contributed by atoms with Crippen molar-refractivity contribution in [1.82, 2.24) is 9.96 Å². The van der Waals surface area contributed by atoms with Gasteiger partial charge in [0.25, 0.3) is 0 Å². The summed E-state index contributed by atoms with van der Waals surface area (Å²) >= 11 is 0. The smallest absolute Gasteiger partial charge is 0.144 e. The fourth-order valence-electron chi connectivity index (χ4n) is 2.84. The Bertz CT molecular complexity index is 535. The van der Waals surface area contributed by atoms with E-state index in [-0.39, 0.29) is 12.1 Å². The number of nitrogens with zero attached hydrogens (tertiary/aromatic N) is 2. The van der Waals surface area contributed by atoms with Crippen molar-refractivity contribution in [2.45, 2.75) is 45.1 Å². The van der Waals surface area contributed by atoms with Crippen LogP contribution in [0.3, 0.4) is 0 Å². The van der Waals surface area contributed by atoms with Crippen molar-refractivity contribution in [2.75, 3.05) is 20.2 Å². The van der Waals surface area contributed by atoms with Gasteiger partial charge in [-0.25, -0.2) is 9.86 Å². The first-order valence-corrected chi connectivity index (χ1v) is 7.90. The summed E-state index contributed by atoms with van der Waals surface area (Å²) in [6.45, 7) is 8.28. The number of rotatable bonds is 6. The van der Waals surface area contributed by atoms with Crippen LogP contribution >= 0.6 is 0 Å². The summed E-state index contributed by atoms with van der Waals surface area (Å²) in [7, 11) is 1.70. The predicted molar refractivity (Wildman–Crippen MR) is 89.2 cm³/mol. The van der Waals surface area contributed by atoms with Crippen LogP contribution in [0.5, 0.6) is 0 Å². The maximum absolute atomic E-state index is 10.9. The van der Waals surface area contributed by atoms with E-state index in [4.69, 9.17) is 9.57 Å². The van der Waals surface area contributed by atoms with Gasteiger partial charge in [0.2, 0.25) is 0 Å². The molecule has 0 bridgehead atoms. The highest BCUT2D eigenvalue weighted by Crippen LogP contribution is 2.24. The number of hydrogen-bond donors (Lipinski definition) is 0. The van der Waals surface area contributed by atoms with Gasteiger partial charge in [-0.05, 0) is 26.3 Å². The van der Waals surface area contributed by atoms with E-state index in [1.165, 1.54) is 11.8 Å². The van der Waals surface area contributed by atoms with Crippen LogP contribution in [0.15, 0.2) is 36.5 Å². The minimum absolute atomic E-state index is 0.0225. The molecule has 1 aromatic rings. The minimum atomic E-state index is -0.390. The molecule has 5 heteroatoms. The molecule has 2 rings (SSSR count). The molecule has 0 unspecified atom stereocenters. The molecule has 0 N–H and O–H groups in total. The van der Waals surface area contributed by atoms with E-state index in [1.54, 1.807) is 12.2 Å². The zero-order valence-corrected chi connectivity index (χ0v) is 14.4. The zero-order chi connectivity index (χ0) is 16.9. The molecule has 1 aliphatic heterocycles. The third-order valence-corrected chi connectivity index (χ3v) is 3.75. The molecule has 0 aromatic heterocycles. The number of hydrogen-bond acceptors (Lipinski definition) is 5. The Morgan fingerprint density at radius 3 is 2.57 bits per heavy atom. The second-order valence-corrected chi connectivity index (χ2v) is 6.83. The van der Waals surface area contributed by atoms with Gasteiger partial charge in [0, 0.05) is 26.7 Å². The number of likely N-dealkylation sites (tertiary alicyclic amines) is 1. The fraction of sp³-hybridized carbons (Fsp3) is 0.556. The van der Waals surface area contributed by atoms with Gasteiger partial charge < -0.3 is 4.74 Å². The molecule has 1 fully saturated rings. The van der Waals surface area contributed by atoms with Crippen molar-refractivity contribution in [3.63, 3.8) is 0 Å². The maximum Gasteiger partial charge on any atom is 0.144 e. The molecule has 126 valence electrons. The van der Waals surface area contributed by atoms with E-state index in [1.807, 2.05) is 44.9 Å². The van der Waals surface area contributed by atoms with Gasteiger partial charge >= 0.3 is 0 Å². The standard InChI is InChI=1S/C18H26N2O3/c1-18(2,3)23-20(10-11-21)16-13-19(14-17(16)22-4)12-15-8-6-5-7-9-15/h5-10,16-17H,12-14H2,1-4H3/t16-,17-/m1/s1. The van der Waals surface area contributed by atoms with Gasteiger partial charge in [-0.2, -0.15) is 0 Å². The van der Waals surface area contributed by atoms with Crippen molar-refractivity contribution in [2.24, 2.45) is 0 Å². The summed E-state index contributed by atoms with van der Waals surface area (Å²) in [4.78, 5) is 19.1. The Morgan fingerprint density at radius 1 is 1.30 bits per heavy atom. The molecule has 23 heavy (non-hydrogen) atoms. The molecule has 1 aromatic carbocycles. The van der Waals surface area contributed by atoms with Crippen molar-refractivity contribution in [3.05, 3.63) is 42.1 Å². The Balaban J connectivity index is 2.09. The van der Waals surface area contributed by atoms with E-state index in [9.17, 15) is 4.79 Å². The highest BCUT2D eigenvalue weighted by molar-refractivity contribution is 5.44. The second-order valence-electron chi connectivity index (χ2n) is 6.83. The maximum atomic E-state index is 10.9. The Morgan fingerprint density at radius 2 is 2.00 bits per heavy atom. The molecule has 2 atom stereocenters. The van der Waals surface area contributed by atoms with Crippen molar-refractivity contribution in [1.29, 1.82) is 0 Å². The first-order valence-electron chi connectivity index (χ1n) is 7.90. The molecule has 0 aliphatic carbocycles. The van der Waals surface area contributed by atoms with Crippen LogP contribution in [0.25, 0.3) is 0 Å². The quantitative estimate of drug-likeness (QED) is 0.594. The van der Waals surface area contributed by atoms with E-state index in [2.05, 4.69) is 17.0 Å². The first kappa shape index (κ1) is 17.7. The third-order valence-electron chi connectivity index (χ3n) is 3.75. The van der Waals surface area contributed by atoms with Crippen LogP contribution < -0.4 is 0 Å². The molecule has 5 nitrogen and oxygen atoms in total. The Hall–Kier alpha value is -1.65. The second kappa shape index (κ2) is 7.75. The topological polar surface area (TPSA) is 42.0 Å². The zero-order valence-electron chi connectivity index (χ0n) is 14.4. The molecule has 0 amide bonds. The average molecular weight is 318 g/mol. The molecule has 0 saturated carbocycles. The molecule has 1 heterocycles. The van der Waals surface area contributed by atoms with Gasteiger partial charge in [-0.3, -0.25) is 9.74 Å². The van der Waals surface area contributed by atoms with Gasteiger partial charge in [-0.15, -0.1) is 0 Å². The lowest BCUT2D eigenvalue weighted by molar-refractivity contribution is -0.227. The lowest BCUT2D eigenvalue weighted by Crippen LogP contribution is -2.44. The van der Waals surface area contributed by atoms with Gasteiger partial charge in [0.15, 0.2) is 0 Å². The lowest BCUT2D eigenvalue weighted by atomic mass is 10.2. The monoisotopic (exact) mass is 318 g/mol. The van der Waals surface area contributed by atoms with Crippen LogP contribution in [-0.2, 0) is 20.9 Å². The summed E-state index contributed by atoms with van der Waals surface area (Å²) in [5, 5.41) is 1.60. The van der Waals surface area contributed by atoms with Gasteiger partial charge in [0.05, 0.1) is 17.7 Å². The van der Waals surface area contributed by atoms with E-state index in [0.717, 1.165) is 19.6 Å². The summed E-state index contributed by atoms with van der Waals surface area (Å²) in [5.41, 5.74) is 0.871. The summed E-state index contributed by atoms with van der Waals surface area (Å²) in [6, 6.07) is 10.3. The van der Waals surface area contributed by atoms with Crippen LogP contribution in [0.4, 0.5) is 0 Å². The Kier molecular flexibility index (Phi) is 5.97.